The van der Waals surface area contributed by atoms with E-state index in [4.69, 9.17) is 14.2 Å². The molecule has 0 aliphatic carbocycles. The lowest BCUT2D eigenvalue weighted by Crippen LogP contribution is -2.07. The molecule has 0 atom stereocenters. The van der Waals surface area contributed by atoms with Crippen molar-refractivity contribution in [1.29, 1.82) is 0 Å². The van der Waals surface area contributed by atoms with Gasteiger partial charge in [-0.15, -0.1) is 0 Å². The highest BCUT2D eigenvalue weighted by atomic mass is 79.9. The molecule has 0 spiro atoms. The third-order valence-corrected chi connectivity index (χ3v) is 3.97. The number of carbonyl (C=O) groups excluding carboxylic acids is 1. The fraction of sp³-hybridized carbons (Fsp3) is 0.250. The van der Waals surface area contributed by atoms with Crippen LogP contribution in [-0.2, 0) is 11.3 Å². The molecule has 132 valence electrons. The Kier molecular flexibility index (Phi) is 7.07. The maximum absolute atomic E-state index is 12.0. The van der Waals surface area contributed by atoms with Crippen LogP contribution in [0.2, 0.25) is 0 Å². The zero-order valence-corrected chi connectivity index (χ0v) is 16.0. The first-order valence-electron chi connectivity index (χ1n) is 7.97. The van der Waals surface area contributed by atoms with E-state index in [9.17, 15) is 4.79 Å². The van der Waals surface area contributed by atoms with E-state index in [-0.39, 0.29) is 6.61 Å². The second kappa shape index (κ2) is 9.28. The van der Waals surface area contributed by atoms with Crippen molar-refractivity contribution in [2.24, 2.45) is 0 Å². The number of hydrogen-bond donors (Lipinski definition) is 0. The summed E-state index contributed by atoms with van der Waals surface area (Å²) in [4.78, 5) is 12.0. The quantitative estimate of drug-likeness (QED) is 0.454. The molecule has 0 aromatic heterocycles. The van der Waals surface area contributed by atoms with Crippen molar-refractivity contribution in [1.82, 2.24) is 0 Å². The summed E-state index contributed by atoms with van der Waals surface area (Å²) in [5.74, 6) is 0.615. The van der Waals surface area contributed by atoms with Gasteiger partial charge in [-0.1, -0.05) is 42.5 Å². The Balaban J connectivity index is 2.22. The van der Waals surface area contributed by atoms with E-state index in [2.05, 4.69) is 22.5 Å². The summed E-state index contributed by atoms with van der Waals surface area (Å²) in [5, 5.41) is 0. The molecule has 2 rings (SSSR count). The molecule has 0 bridgehead atoms. The molecule has 0 aliphatic heterocycles. The zero-order chi connectivity index (χ0) is 18.2. The van der Waals surface area contributed by atoms with Crippen LogP contribution in [0.25, 0.3) is 0 Å². The van der Waals surface area contributed by atoms with Crippen molar-refractivity contribution < 1.29 is 19.0 Å². The molecule has 0 saturated carbocycles. The molecule has 0 amide bonds. The van der Waals surface area contributed by atoms with Crippen LogP contribution >= 0.6 is 15.9 Å². The van der Waals surface area contributed by atoms with E-state index < -0.39 is 5.97 Å². The van der Waals surface area contributed by atoms with Gasteiger partial charge in [0.05, 0.1) is 16.6 Å². The van der Waals surface area contributed by atoms with E-state index >= 15 is 0 Å². The van der Waals surface area contributed by atoms with Gasteiger partial charge in [-0.05, 0) is 47.5 Å². The highest BCUT2D eigenvalue weighted by Gasteiger charge is 2.17. The average Bonchev–Trinajstić information content (AvgIpc) is 2.60. The summed E-state index contributed by atoms with van der Waals surface area (Å²) < 4.78 is 17.3. The summed E-state index contributed by atoms with van der Waals surface area (Å²) in [6, 6.07) is 11.4. The van der Waals surface area contributed by atoms with Gasteiger partial charge in [-0.2, -0.15) is 0 Å². The average molecular weight is 405 g/mol. The fourth-order valence-corrected chi connectivity index (χ4v) is 2.70. The summed E-state index contributed by atoms with van der Waals surface area (Å²) in [6.07, 6.45) is 1.52. The molecule has 0 aliphatic rings. The van der Waals surface area contributed by atoms with Crippen molar-refractivity contribution in [3.05, 3.63) is 70.2 Å². The van der Waals surface area contributed by atoms with E-state index in [1.54, 1.807) is 12.1 Å². The van der Waals surface area contributed by atoms with Crippen LogP contribution in [0.5, 0.6) is 11.5 Å². The third kappa shape index (κ3) is 5.36. The summed E-state index contributed by atoms with van der Waals surface area (Å²) >= 11 is 3.46. The van der Waals surface area contributed by atoms with Crippen LogP contribution in [0.1, 0.15) is 28.4 Å². The lowest BCUT2D eigenvalue weighted by molar-refractivity contribution is 0.0549. The van der Waals surface area contributed by atoms with Crippen LogP contribution in [0, 0.1) is 6.92 Å². The van der Waals surface area contributed by atoms with Crippen LogP contribution < -0.4 is 9.47 Å². The smallest absolute Gasteiger partial charge is 0.338 e. The van der Waals surface area contributed by atoms with Crippen LogP contribution in [0.3, 0.4) is 0 Å². The summed E-state index contributed by atoms with van der Waals surface area (Å²) in [6.45, 7) is 8.47. The molecule has 0 unspecified atom stereocenters. The lowest BCUT2D eigenvalue weighted by Gasteiger charge is -2.15. The molecule has 0 saturated heterocycles. The number of rotatable bonds is 8. The molecule has 0 radical (unpaired) electrons. The van der Waals surface area contributed by atoms with Crippen molar-refractivity contribution >= 4 is 21.9 Å². The molecule has 2 aromatic rings. The number of hydrogen-bond acceptors (Lipinski definition) is 4. The van der Waals surface area contributed by atoms with Gasteiger partial charge in [0.2, 0.25) is 0 Å². The molecule has 0 N–H and O–H groups in total. The standard InChI is InChI=1S/C20H21BrO4/c1-4-10-24-20(22)16-11-17(21)19(18(12-16)23-5-2)25-13-15-8-6-14(3)7-9-15/h4,6-9,11-12H,1,5,10,13H2,2-3H3. The lowest BCUT2D eigenvalue weighted by atomic mass is 10.1. The van der Waals surface area contributed by atoms with Crippen LogP contribution in [0.15, 0.2) is 53.5 Å². The minimum absolute atomic E-state index is 0.159. The SMILES string of the molecule is C=CCOC(=O)c1cc(Br)c(OCc2ccc(C)cc2)c(OCC)c1. The second-order valence-electron chi connectivity index (χ2n) is 5.38. The molecular formula is C20H21BrO4. The normalized spacial score (nSPS) is 10.2. The van der Waals surface area contributed by atoms with E-state index in [0.717, 1.165) is 5.56 Å². The Bertz CT molecular complexity index is 738. The molecule has 25 heavy (non-hydrogen) atoms. The maximum atomic E-state index is 12.0. The maximum Gasteiger partial charge on any atom is 0.338 e. The van der Waals surface area contributed by atoms with Crippen LogP contribution in [0.4, 0.5) is 0 Å². The molecule has 2 aromatic carbocycles. The van der Waals surface area contributed by atoms with E-state index in [0.29, 0.717) is 34.7 Å². The Morgan fingerprint density at radius 1 is 1.20 bits per heavy atom. The fourth-order valence-electron chi connectivity index (χ4n) is 2.15. The minimum Gasteiger partial charge on any atom is -0.490 e. The van der Waals surface area contributed by atoms with Gasteiger partial charge in [-0.3, -0.25) is 0 Å². The van der Waals surface area contributed by atoms with E-state index in [1.165, 1.54) is 11.6 Å². The number of halogens is 1. The van der Waals surface area contributed by atoms with Gasteiger partial charge in [0.1, 0.15) is 13.2 Å². The van der Waals surface area contributed by atoms with E-state index in [1.807, 2.05) is 38.1 Å². The van der Waals surface area contributed by atoms with Crippen molar-refractivity contribution in [2.45, 2.75) is 20.5 Å². The number of benzene rings is 2. The Morgan fingerprint density at radius 3 is 2.56 bits per heavy atom. The summed E-state index contributed by atoms with van der Waals surface area (Å²) in [5.41, 5.74) is 2.64. The molecular weight excluding hydrogens is 384 g/mol. The number of aryl methyl sites for hydroxylation is 1. The topological polar surface area (TPSA) is 44.8 Å². The first-order chi connectivity index (χ1) is 12.0. The predicted molar refractivity (Wildman–Crippen MR) is 101 cm³/mol. The molecule has 0 heterocycles. The van der Waals surface area contributed by atoms with Gasteiger partial charge in [-0.25, -0.2) is 4.79 Å². The highest BCUT2D eigenvalue weighted by Crippen LogP contribution is 2.37. The molecule has 0 fully saturated rings. The Morgan fingerprint density at radius 2 is 1.92 bits per heavy atom. The van der Waals surface area contributed by atoms with Gasteiger partial charge < -0.3 is 14.2 Å². The third-order valence-electron chi connectivity index (χ3n) is 3.38. The van der Waals surface area contributed by atoms with Crippen LogP contribution in [-0.4, -0.2) is 19.2 Å². The molecule has 4 nitrogen and oxygen atoms in total. The zero-order valence-electron chi connectivity index (χ0n) is 14.4. The van der Waals surface area contributed by atoms with Gasteiger partial charge in [0, 0.05) is 0 Å². The first kappa shape index (κ1) is 19.1. The Hall–Kier alpha value is -2.27. The second-order valence-corrected chi connectivity index (χ2v) is 6.23. The number of esters is 1. The monoisotopic (exact) mass is 404 g/mol. The minimum atomic E-state index is -0.438. The number of ether oxygens (including phenoxy) is 3. The molecule has 5 heteroatoms. The summed E-state index contributed by atoms with van der Waals surface area (Å²) in [7, 11) is 0. The van der Waals surface area contributed by atoms with Gasteiger partial charge in [0.15, 0.2) is 11.5 Å². The number of carbonyl (C=O) groups is 1. The van der Waals surface area contributed by atoms with Crippen molar-refractivity contribution in [2.75, 3.05) is 13.2 Å². The van der Waals surface area contributed by atoms with Crippen molar-refractivity contribution in [3.63, 3.8) is 0 Å². The largest absolute Gasteiger partial charge is 0.490 e. The predicted octanol–water partition coefficient (Wildman–Crippen LogP) is 5.08. The van der Waals surface area contributed by atoms with Crippen molar-refractivity contribution in [3.8, 4) is 11.5 Å². The Labute approximate surface area is 156 Å². The van der Waals surface area contributed by atoms with Gasteiger partial charge in [0.25, 0.3) is 0 Å². The first-order valence-corrected chi connectivity index (χ1v) is 8.77. The van der Waals surface area contributed by atoms with Gasteiger partial charge >= 0.3 is 5.97 Å². The highest BCUT2D eigenvalue weighted by molar-refractivity contribution is 9.10.